The van der Waals surface area contributed by atoms with Gasteiger partial charge in [0.1, 0.15) is 4.47 Å². The first kappa shape index (κ1) is 14.0. The normalized spacial score (nSPS) is 19.3. The van der Waals surface area contributed by atoms with Crippen LogP contribution in [0.15, 0.2) is 22.7 Å². The number of likely N-dealkylation sites (tertiary alicyclic amines) is 1. The summed E-state index contributed by atoms with van der Waals surface area (Å²) >= 11 is 3.18. The Morgan fingerprint density at radius 1 is 1.47 bits per heavy atom. The van der Waals surface area contributed by atoms with Crippen LogP contribution in [0.2, 0.25) is 0 Å². The Bertz CT molecular complexity index is 519. The quantitative estimate of drug-likeness (QED) is 0.618. The van der Waals surface area contributed by atoms with Gasteiger partial charge in [0, 0.05) is 18.7 Å². The fourth-order valence-corrected chi connectivity index (χ4v) is 2.96. The lowest BCUT2D eigenvalue weighted by Crippen LogP contribution is -2.42. The lowest BCUT2D eigenvalue weighted by atomic mass is 10.0. The summed E-state index contributed by atoms with van der Waals surface area (Å²) in [6.07, 6.45) is 3.10. The second-order valence-electron chi connectivity index (χ2n) is 4.74. The number of rotatable bonds is 2. The van der Waals surface area contributed by atoms with Crippen molar-refractivity contribution in [1.82, 2.24) is 4.90 Å². The lowest BCUT2D eigenvalue weighted by molar-refractivity contribution is -0.385. The summed E-state index contributed by atoms with van der Waals surface area (Å²) in [5.74, 6) is -0.136. The van der Waals surface area contributed by atoms with E-state index in [-0.39, 0.29) is 22.1 Å². The van der Waals surface area contributed by atoms with E-state index in [2.05, 4.69) is 15.9 Å². The molecule has 1 saturated heterocycles. The van der Waals surface area contributed by atoms with E-state index in [1.54, 1.807) is 17.0 Å². The van der Waals surface area contributed by atoms with Crippen molar-refractivity contribution in [2.24, 2.45) is 0 Å². The lowest BCUT2D eigenvalue weighted by Gasteiger charge is -2.33. The minimum Gasteiger partial charge on any atom is -0.336 e. The number of carbonyl (C=O) groups is 1. The van der Waals surface area contributed by atoms with Gasteiger partial charge in [-0.2, -0.15) is 0 Å². The molecular weight excluding hydrogens is 312 g/mol. The maximum atomic E-state index is 12.5. The van der Waals surface area contributed by atoms with E-state index in [9.17, 15) is 14.9 Å². The minimum atomic E-state index is -0.486. The van der Waals surface area contributed by atoms with Crippen molar-refractivity contribution < 1.29 is 9.72 Å². The summed E-state index contributed by atoms with van der Waals surface area (Å²) in [4.78, 5) is 24.7. The van der Waals surface area contributed by atoms with Gasteiger partial charge in [0.2, 0.25) is 0 Å². The number of hydrogen-bond donors (Lipinski definition) is 0. The van der Waals surface area contributed by atoms with E-state index >= 15 is 0 Å². The molecule has 1 aromatic carbocycles. The van der Waals surface area contributed by atoms with E-state index < -0.39 is 4.92 Å². The molecule has 0 spiro atoms. The highest BCUT2D eigenvalue weighted by Crippen LogP contribution is 2.30. The first-order valence-corrected chi connectivity index (χ1v) is 7.05. The molecule has 5 nitrogen and oxygen atoms in total. The van der Waals surface area contributed by atoms with Gasteiger partial charge in [0.25, 0.3) is 11.6 Å². The van der Waals surface area contributed by atoms with Crippen molar-refractivity contribution in [3.8, 4) is 0 Å². The first-order chi connectivity index (χ1) is 9.02. The Balaban J connectivity index is 2.33. The van der Waals surface area contributed by atoms with Crippen LogP contribution < -0.4 is 0 Å². The van der Waals surface area contributed by atoms with Crippen molar-refractivity contribution in [3.05, 3.63) is 38.3 Å². The molecule has 0 aliphatic carbocycles. The number of piperidine rings is 1. The number of nitrogens with zero attached hydrogens (tertiary/aromatic N) is 2. The van der Waals surface area contributed by atoms with Crippen LogP contribution in [-0.2, 0) is 0 Å². The largest absolute Gasteiger partial charge is 0.336 e. The van der Waals surface area contributed by atoms with Gasteiger partial charge in [0.15, 0.2) is 0 Å². The highest BCUT2D eigenvalue weighted by Gasteiger charge is 2.27. The highest BCUT2D eigenvalue weighted by molar-refractivity contribution is 9.10. The fourth-order valence-electron chi connectivity index (χ4n) is 2.38. The van der Waals surface area contributed by atoms with Crippen LogP contribution in [0.1, 0.15) is 36.5 Å². The van der Waals surface area contributed by atoms with Gasteiger partial charge < -0.3 is 4.90 Å². The van der Waals surface area contributed by atoms with Gasteiger partial charge >= 0.3 is 0 Å². The predicted molar refractivity (Wildman–Crippen MR) is 75.1 cm³/mol. The van der Waals surface area contributed by atoms with Crippen LogP contribution in [0, 0.1) is 10.1 Å². The number of halogens is 1. The molecule has 0 saturated carbocycles. The Morgan fingerprint density at radius 2 is 2.21 bits per heavy atom. The molecule has 0 bridgehead atoms. The van der Waals surface area contributed by atoms with Crippen LogP contribution in [-0.4, -0.2) is 28.3 Å². The Morgan fingerprint density at radius 3 is 2.84 bits per heavy atom. The molecule has 19 heavy (non-hydrogen) atoms. The molecule has 0 radical (unpaired) electrons. The zero-order chi connectivity index (χ0) is 14.0. The Labute approximate surface area is 119 Å². The van der Waals surface area contributed by atoms with Gasteiger partial charge in [-0.3, -0.25) is 14.9 Å². The van der Waals surface area contributed by atoms with E-state index in [1.165, 1.54) is 6.07 Å². The fraction of sp³-hybridized carbons (Fsp3) is 0.462. The maximum absolute atomic E-state index is 12.5. The predicted octanol–water partition coefficient (Wildman–Crippen LogP) is 3.37. The third kappa shape index (κ3) is 2.78. The zero-order valence-electron chi connectivity index (χ0n) is 10.6. The smallest absolute Gasteiger partial charge is 0.284 e. The molecule has 1 aliphatic rings. The summed E-state index contributed by atoms with van der Waals surface area (Å²) in [5.41, 5.74) is 0.290. The van der Waals surface area contributed by atoms with Crippen LogP contribution in [0.3, 0.4) is 0 Å². The maximum Gasteiger partial charge on any atom is 0.284 e. The Kier molecular flexibility index (Phi) is 4.19. The molecule has 1 aromatic rings. The van der Waals surface area contributed by atoms with Gasteiger partial charge in [-0.1, -0.05) is 6.07 Å². The molecular formula is C13H15BrN2O3. The molecule has 0 N–H and O–H groups in total. The molecule has 1 unspecified atom stereocenters. The number of benzene rings is 1. The molecule has 1 amide bonds. The van der Waals surface area contributed by atoms with Crippen molar-refractivity contribution in [2.75, 3.05) is 6.54 Å². The molecule has 1 aliphatic heterocycles. The zero-order valence-corrected chi connectivity index (χ0v) is 12.2. The van der Waals surface area contributed by atoms with Crippen molar-refractivity contribution in [3.63, 3.8) is 0 Å². The average molecular weight is 327 g/mol. The van der Waals surface area contributed by atoms with Gasteiger partial charge in [0.05, 0.1) is 10.5 Å². The van der Waals surface area contributed by atoms with Crippen LogP contribution in [0.25, 0.3) is 0 Å². The first-order valence-electron chi connectivity index (χ1n) is 6.26. The molecule has 0 aromatic heterocycles. The number of nitro benzene ring substituents is 1. The Hall–Kier alpha value is -1.43. The van der Waals surface area contributed by atoms with E-state index in [4.69, 9.17) is 0 Å². The number of amides is 1. The van der Waals surface area contributed by atoms with Crippen molar-refractivity contribution in [1.29, 1.82) is 0 Å². The summed E-state index contributed by atoms with van der Waals surface area (Å²) in [6.45, 7) is 2.73. The number of nitro groups is 1. The minimum absolute atomic E-state index is 0.0736. The third-order valence-corrected chi connectivity index (χ3v) is 4.30. The second-order valence-corrected chi connectivity index (χ2v) is 5.53. The number of hydrogen-bond acceptors (Lipinski definition) is 3. The van der Waals surface area contributed by atoms with E-state index in [1.807, 2.05) is 6.92 Å². The summed E-state index contributed by atoms with van der Waals surface area (Å²) in [7, 11) is 0. The molecule has 102 valence electrons. The SMILES string of the molecule is CC1CCCCN1C(=O)c1cccc([N+](=O)[O-])c1Br. The summed E-state index contributed by atoms with van der Waals surface area (Å²) < 4.78 is 0.266. The third-order valence-electron chi connectivity index (χ3n) is 3.47. The summed E-state index contributed by atoms with van der Waals surface area (Å²) in [6, 6.07) is 4.75. The summed E-state index contributed by atoms with van der Waals surface area (Å²) in [5, 5.41) is 10.9. The van der Waals surface area contributed by atoms with E-state index in [0.29, 0.717) is 5.56 Å². The molecule has 2 rings (SSSR count). The monoisotopic (exact) mass is 326 g/mol. The standard InChI is InChI=1S/C13H15BrN2O3/c1-9-5-2-3-8-15(9)13(17)10-6-4-7-11(12(10)14)16(18)19/h4,6-7,9H,2-3,5,8H2,1H3. The molecule has 1 atom stereocenters. The van der Waals surface area contributed by atoms with Crippen LogP contribution >= 0.6 is 15.9 Å². The molecule has 1 fully saturated rings. The molecule has 1 heterocycles. The van der Waals surface area contributed by atoms with Gasteiger partial charge in [-0.05, 0) is 48.2 Å². The topological polar surface area (TPSA) is 63.5 Å². The second kappa shape index (κ2) is 5.69. The van der Waals surface area contributed by atoms with Gasteiger partial charge in [-0.15, -0.1) is 0 Å². The van der Waals surface area contributed by atoms with Gasteiger partial charge in [-0.25, -0.2) is 0 Å². The average Bonchev–Trinajstić information content (AvgIpc) is 2.38. The van der Waals surface area contributed by atoms with E-state index in [0.717, 1.165) is 25.8 Å². The number of carbonyl (C=O) groups excluding carboxylic acids is 1. The van der Waals surface area contributed by atoms with Crippen LogP contribution in [0.4, 0.5) is 5.69 Å². The molecule has 6 heteroatoms. The van der Waals surface area contributed by atoms with Crippen molar-refractivity contribution >= 4 is 27.5 Å². The van der Waals surface area contributed by atoms with Crippen LogP contribution in [0.5, 0.6) is 0 Å². The van der Waals surface area contributed by atoms with Crippen molar-refractivity contribution in [2.45, 2.75) is 32.2 Å². The highest BCUT2D eigenvalue weighted by atomic mass is 79.9.